The van der Waals surface area contributed by atoms with Gasteiger partial charge in [0.1, 0.15) is 6.33 Å². The van der Waals surface area contributed by atoms with Crippen molar-refractivity contribution >= 4 is 27.7 Å². The molecule has 0 saturated carbocycles. The lowest BCUT2D eigenvalue weighted by Crippen LogP contribution is -2.31. The smallest absolute Gasteiger partial charge is 0.243 e. The Kier molecular flexibility index (Phi) is 8.28. The monoisotopic (exact) mass is 487 g/mol. The fourth-order valence-corrected chi connectivity index (χ4v) is 5.54. The lowest BCUT2D eigenvalue weighted by Gasteiger charge is -2.19. The van der Waals surface area contributed by atoms with Crippen LogP contribution in [0.1, 0.15) is 37.9 Å². The Morgan fingerprint density at radius 3 is 2.33 bits per heavy atom. The Bertz CT molecular complexity index is 1170. The van der Waals surface area contributed by atoms with Crippen molar-refractivity contribution in [2.75, 3.05) is 18.8 Å². The number of aryl methyl sites for hydroxylation is 1. The van der Waals surface area contributed by atoms with Crippen molar-refractivity contribution in [3.8, 4) is 5.69 Å². The van der Waals surface area contributed by atoms with E-state index in [1.165, 1.54) is 16.1 Å². The molecule has 0 fully saturated rings. The van der Waals surface area contributed by atoms with E-state index < -0.39 is 10.0 Å². The zero-order valence-electron chi connectivity index (χ0n) is 19.2. The van der Waals surface area contributed by atoms with Crippen LogP contribution in [0.2, 0.25) is 0 Å². The Morgan fingerprint density at radius 1 is 1.09 bits per heavy atom. The number of carbonyl (C=O) groups is 1. The molecule has 1 atom stereocenters. The van der Waals surface area contributed by atoms with Crippen LogP contribution in [0.4, 0.5) is 0 Å². The highest BCUT2D eigenvalue weighted by Gasteiger charge is 2.22. The molecule has 0 bridgehead atoms. The molecule has 8 nitrogen and oxygen atoms in total. The summed E-state index contributed by atoms with van der Waals surface area (Å²) in [5.41, 5.74) is 2.92. The average Bonchev–Trinajstić information content (AvgIpc) is 3.27. The quantitative estimate of drug-likeness (QED) is 0.439. The van der Waals surface area contributed by atoms with Crippen molar-refractivity contribution in [3.05, 3.63) is 66.0 Å². The molecule has 176 valence electrons. The standard InChI is InChI=1S/C23H29N5O3S2/c1-5-27(6-2)33(30,31)21-13-9-19(10-14-21)18(4)25-22(29)15-32-23-26-24-16-28(23)20-11-7-17(3)8-12-20/h7-14,16,18H,5-6,15H2,1-4H3,(H,25,29). The minimum absolute atomic E-state index is 0.147. The summed E-state index contributed by atoms with van der Waals surface area (Å²) in [5, 5.41) is 11.7. The number of thioether (sulfide) groups is 1. The van der Waals surface area contributed by atoms with Crippen molar-refractivity contribution in [2.45, 2.75) is 43.8 Å². The highest BCUT2D eigenvalue weighted by Crippen LogP contribution is 2.22. The highest BCUT2D eigenvalue weighted by atomic mass is 32.2. The maximum absolute atomic E-state index is 12.6. The molecule has 0 aliphatic heterocycles. The van der Waals surface area contributed by atoms with E-state index in [4.69, 9.17) is 0 Å². The molecular weight excluding hydrogens is 458 g/mol. The first-order chi connectivity index (χ1) is 15.8. The molecule has 0 spiro atoms. The molecular formula is C23H29N5O3S2. The summed E-state index contributed by atoms with van der Waals surface area (Å²) < 4.78 is 28.5. The van der Waals surface area contributed by atoms with Gasteiger partial charge >= 0.3 is 0 Å². The Hall–Kier alpha value is -2.69. The molecule has 2 aromatic carbocycles. The second-order valence-electron chi connectivity index (χ2n) is 7.56. The largest absolute Gasteiger partial charge is 0.349 e. The third-order valence-corrected chi connectivity index (χ3v) is 8.27. The van der Waals surface area contributed by atoms with Gasteiger partial charge in [0.25, 0.3) is 0 Å². The number of nitrogens with zero attached hydrogens (tertiary/aromatic N) is 4. The van der Waals surface area contributed by atoms with Crippen LogP contribution in [0.3, 0.4) is 0 Å². The molecule has 10 heteroatoms. The zero-order chi connectivity index (χ0) is 24.0. The molecule has 3 rings (SSSR count). The Balaban J connectivity index is 1.59. The SMILES string of the molecule is CCN(CC)S(=O)(=O)c1ccc(C(C)NC(=O)CSc2nncn2-c2ccc(C)cc2)cc1. The predicted octanol–water partition coefficient (Wildman–Crippen LogP) is 3.58. The van der Waals surface area contributed by atoms with Gasteiger partial charge in [-0.15, -0.1) is 10.2 Å². The molecule has 1 N–H and O–H groups in total. The lowest BCUT2D eigenvalue weighted by atomic mass is 10.1. The second-order valence-corrected chi connectivity index (χ2v) is 10.4. The number of carbonyl (C=O) groups excluding carboxylic acids is 1. The van der Waals surface area contributed by atoms with Crippen molar-refractivity contribution < 1.29 is 13.2 Å². The first-order valence-corrected chi connectivity index (χ1v) is 13.2. The van der Waals surface area contributed by atoms with E-state index in [0.29, 0.717) is 18.2 Å². The summed E-state index contributed by atoms with van der Waals surface area (Å²) >= 11 is 1.30. The van der Waals surface area contributed by atoms with Crippen LogP contribution < -0.4 is 5.32 Å². The van der Waals surface area contributed by atoms with Gasteiger partial charge < -0.3 is 5.32 Å². The average molecular weight is 488 g/mol. The Morgan fingerprint density at radius 2 is 1.73 bits per heavy atom. The molecule has 1 unspecified atom stereocenters. The van der Waals surface area contributed by atoms with Gasteiger partial charge in [-0.1, -0.05) is 55.4 Å². The van der Waals surface area contributed by atoms with Crippen molar-refractivity contribution in [2.24, 2.45) is 0 Å². The topological polar surface area (TPSA) is 97.2 Å². The summed E-state index contributed by atoms with van der Waals surface area (Å²) in [6, 6.07) is 14.4. The third kappa shape index (κ3) is 6.01. The zero-order valence-corrected chi connectivity index (χ0v) is 20.9. The van der Waals surface area contributed by atoms with E-state index in [2.05, 4.69) is 15.5 Å². The molecule has 0 saturated heterocycles. The molecule has 33 heavy (non-hydrogen) atoms. The van der Waals surface area contributed by atoms with E-state index in [-0.39, 0.29) is 22.6 Å². The van der Waals surface area contributed by atoms with Gasteiger partial charge in [0.15, 0.2) is 5.16 Å². The molecule has 1 amide bonds. The van der Waals surface area contributed by atoms with Gasteiger partial charge in [0.2, 0.25) is 15.9 Å². The van der Waals surface area contributed by atoms with Crippen molar-refractivity contribution in [1.29, 1.82) is 0 Å². The number of hydrogen-bond donors (Lipinski definition) is 1. The number of rotatable bonds is 10. The number of hydrogen-bond acceptors (Lipinski definition) is 6. The third-order valence-electron chi connectivity index (χ3n) is 5.26. The van der Waals surface area contributed by atoms with E-state index in [9.17, 15) is 13.2 Å². The predicted molar refractivity (Wildman–Crippen MR) is 130 cm³/mol. The molecule has 0 aliphatic carbocycles. The van der Waals surface area contributed by atoms with Crippen molar-refractivity contribution in [3.63, 3.8) is 0 Å². The van der Waals surface area contributed by atoms with Crippen LogP contribution in [0.25, 0.3) is 5.69 Å². The van der Waals surface area contributed by atoms with Gasteiger partial charge in [-0.05, 0) is 43.7 Å². The van der Waals surface area contributed by atoms with Gasteiger partial charge in [0.05, 0.1) is 16.7 Å². The lowest BCUT2D eigenvalue weighted by molar-refractivity contribution is -0.119. The van der Waals surface area contributed by atoms with E-state index in [1.807, 2.05) is 56.5 Å². The van der Waals surface area contributed by atoms with E-state index in [1.54, 1.807) is 30.6 Å². The number of amides is 1. The maximum Gasteiger partial charge on any atom is 0.243 e. The minimum atomic E-state index is -3.50. The minimum Gasteiger partial charge on any atom is -0.349 e. The van der Waals surface area contributed by atoms with Crippen molar-refractivity contribution in [1.82, 2.24) is 24.4 Å². The summed E-state index contributed by atoms with van der Waals surface area (Å²) in [4.78, 5) is 12.8. The summed E-state index contributed by atoms with van der Waals surface area (Å²) in [6.45, 7) is 8.35. The molecule has 0 radical (unpaired) electrons. The first kappa shape index (κ1) is 24.9. The van der Waals surface area contributed by atoms with E-state index >= 15 is 0 Å². The van der Waals surface area contributed by atoms with Gasteiger partial charge in [-0.2, -0.15) is 4.31 Å². The van der Waals surface area contributed by atoms with Crippen LogP contribution in [-0.4, -0.2) is 52.2 Å². The molecule has 1 aromatic heterocycles. The fourth-order valence-electron chi connectivity index (χ4n) is 3.34. The van der Waals surface area contributed by atoms with Crippen LogP contribution in [-0.2, 0) is 14.8 Å². The summed E-state index contributed by atoms with van der Waals surface area (Å²) in [6.07, 6.45) is 1.63. The fraction of sp³-hybridized carbons (Fsp3) is 0.348. The molecule has 1 heterocycles. The molecule has 3 aromatic rings. The molecule has 0 aliphatic rings. The van der Waals surface area contributed by atoms with Crippen LogP contribution in [0, 0.1) is 6.92 Å². The van der Waals surface area contributed by atoms with Crippen LogP contribution in [0.5, 0.6) is 0 Å². The highest BCUT2D eigenvalue weighted by molar-refractivity contribution is 7.99. The summed E-state index contributed by atoms with van der Waals surface area (Å²) in [7, 11) is -3.50. The number of benzene rings is 2. The van der Waals surface area contributed by atoms with Crippen LogP contribution >= 0.6 is 11.8 Å². The number of sulfonamides is 1. The first-order valence-electron chi connectivity index (χ1n) is 10.8. The Labute approximate surface area is 199 Å². The normalized spacial score (nSPS) is 12.6. The number of nitrogens with one attached hydrogen (secondary N) is 1. The van der Waals surface area contributed by atoms with E-state index in [0.717, 1.165) is 16.8 Å². The van der Waals surface area contributed by atoms with Gasteiger partial charge in [0, 0.05) is 18.8 Å². The second kappa shape index (κ2) is 11.0. The van der Waals surface area contributed by atoms with Gasteiger partial charge in [-0.3, -0.25) is 9.36 Å². The van der Waals surface area contributed by atoms with Crippen LogP contribution in [0.15, 0.2) is 64.9 Å². The van der Waals surface area contributed by atoms with Gasteiger partial charge in [-0.25, -0.2) is 8.42 Å². The number of aromatic nitrogens is 3. The summed E-state index contributed by atoms with van der Waals surface area (Å²) in [5.74, 6) is 0.0364. The maximum atomic E-state index is 12.6.